The van der Waals surface area contributed by atoms with Crippen molar-refractivity contribution < 1.29 is 13.9 Å². The summed E-state index contributed by atoms with van der Waals surface area (Å²) in [7, 11) is 0. The fourth-order valence-electron chi connectivity index (χ4n) is 1.14. The lowest BCUT2D eigenvalue weighted by atomic mass is 10.1. The van der Waals surface area contributed by atoms with E-state index in [0.717, 1.165) is 0 Å². The van der Waals surface area contributed by atoms with Crippen molar-refractivity contribution in [3.8, 4) is 11.8 Å². The van der Waals surface area contributed by atoms with Gasteiger partial charge in [-0.15, -0.1) is 0 Å². The number of hydrogen-bond donors (Lipinski definition) is 0. The third-order valence-electron chi connectivity index (χ3n) is 1.77. The number of carbonyl (C=O) groups excluding carboxylic acids is 1. The largest absolute Gasteiger partial charge is 0.462 e. The van der Waals surface area contributed by atoms with Crippen molar-refractivity contribution in [3.05, 3.63) is 35.1 Å². The molecule has 0 aromatic heterocycles. The number of rotatable bonds is 2. The van der Waals surface area contributed by atoms with Crippen LogP contribution in [0.25, 0.3) is 0 Å². The van der Waals surface area contributed by atoms with E-state index in [1.54, 1.807) is 6.92 Å². The van der Waals surface area contributed by atoms with Crippen LogP contribution in [-0.2, 0) is 4.74 Å². The molecule has 2 nitrogen and oxygen atoms in total. The molecule has 0 aliphatic carbocycles. The number of alkyl halides is 1. The van der Waals surface area contributed by atoms with Crippen molar-refractivity contribution in [1.82, 2.24) is 0 Å². The molecule has 16 heavy (non-hydrogen) atoms. The van der Waals surface area contributed by atoms with Gasteiger partial charge in [0.15, 0.2) is 0 Å². The average molecular weight is 285 g/mol. The molecule has 0 fully saturated rings. The lowest BCUT2D eigenvalue weighted by Crippen LogP contribution is -2.07. The van der Waals surface area contributed by atoms with E-state index in [-0.39, 0.29) is 12.2 Å². The SMILES string of the molecule is CCOC(=O)c1ccc(F)cc1C#CCBr. The average Bonchev–Trinajstić information content (AvgIpc) is 2.26. The molecule has 0 aliphatic heterocycles. The molecule has 1 aromatic carbocycles. The highest BCUT2D eigenvalue weighted by molar-refractivity contribution is 9.09. The molecule has 0 saturated carbocycles. The van der Waals surface area contributed by atoms with Gasteiger partial charge in [0.1, 0.15) is 5.82 Å². The molecule has 84 valence electrons. The van der Waals surface area contributed by atoms with Crippen molar-refractivity contribution in [2.24, 2.45) is 0 Å². The van der Waals surface area contributed by atoms with E-state index in [4.69, 9.17) is 4.74 Å². The van der Waals surface area contributed by atoms with Crippen molar-refractivity contribution in [3.63, 3.8) is 0 Å². The van der Waals surface area contributed by atoms with Crippen LogP contribution in [0.2, 0.25) is 0 Å². The Morgan fingerprint density at radius 3 is 2.94 bits per heavy atom. The van der Waals surface area contributed by atoms with E-state index in [9.17, 15) is 9.18 Å². The minimum absolute atomic E-state index is 0.279. The van der Waals surface area contributed by atoms with Gasteiger partial charge in [-0.05, 0) is 25.1 Å². The van der Waals surface area contributed by atoms with Gasteiger partial charge in [-0.3, -0.25) is 0 Å². The van der Waals surface area contributed by atoms with Gasteiger partial charge in [-0.1, -0.05) is 27.8 Å². The minimum Gasteiger partial charge on any atom is -0.462 e. The fraction of sp³-hybridized carbons (Fsp3) is 0.250. The summed E-state index contributed by atoms with van der Waals surface area (Å²) in [6, 6.07) is 3.82. The highest BCUT2D eigenvalue weighted by atomic mass is 79.9. The number of benzene rings is 1. The van der Waals surface area contributed by atoms with E-state index < -0.39 is 11.8 Å². The number of carbonyl (C=O) groups is 1. The van der Waals surface area contributed by atoms with Crippen LogP contribution in [0.1, 0.15) is 22.8 Å². The number of hydrogen-bond acceptors (Lipinski definition) is 2. The Labute approximate surface area is 102 Å². The second-order valence-electron chi connectivity index (χ2n) is 2.85. The smallest absolute Gasteiger partial charge is 0.339 e. The molecule has 1 aromatic rings. The molecule has 0 spiro atoms. The van der Waals surface area contributed by atoms with Gasteiger partial charge in [0, 0.05) is 5.56 Å². The number of esters is 1. The Kier molecular flexibility index (Phi) is 5.00. The first-order chi connectivity index (χ1) is 7.69. The lowest BCUT2D eigenvalue weighted by Gasteiger charge is -2.04. The standard InChI is InChI=1S/C12H10BrFO2/c1-2-16-12(15)11-6-5-10(14)8-9(11)4-3-7-13/h5-6,8H,2,7H2,1H3. The summed E-state index contributed by atoms with van der Waals surface area (Å²) >= 11 is 3.13. The Bertz CT molecular complexity index is 446. The molecular formula is C12H10BrFO2. The Hall–Kier alpha value is -1.34. The van der Waals surface area contributed by atoms with Gasteiger partial charge in [0.2, 0.25) is 0 Å². The van der Waals surface area contributed by atoms with Crippen LogP contribution in [-0.4, -0.2) is 17.9 Å². The third-order valence-corrected chi connectivity index (χ3v) is 2.05. The first-order valence-corrected chi connectivity index (χ1v) is 5.82. The van der Waals surface area contributed by atoms with Crippen molar-refractivity contribution in [2.75, 3.05) is 11.9 Å². The maximum atomic E-state index is 13.0. The van der Waals surface area contributed by atoms with Crippen molar-refractivity contribution in [1.29, 1.82) is 0 Å². The molecule has 0 bridgehead atoms. The Morgan fingerprint density at radius 2 is 2.31 bits per heavy atom. The van der Waals surface area contributed by atoms with Gasteiger partial charge in [-0.2, -0.15) is 0 Å². The summed E-state index contributed by atoms with van der Waals surface area (Å²) in [5, 5.41) is 0.464. The molecule has 0 N–H and O–H groups in total. The topological polar surface area (TPSA) is 26.3 Å². The zero-order valence-electron chi connectivity index (χ0n) is 8.72. The minimum atomic E-state index is -0.485. The van der Waals surface area contributed by atoms with Gasteiger partial charge < -0.3 is 4.74 Å². The summed E-state index contributed by atoms with van der Waals surface area (Å²) in [4.78, 5) is 11.5. The van der Waals surface area contributed by atoms with E-state index in [1.807, 2.05) is 0 Å². The number of ether oxygens (including phenoxy) is 1. The highest BCUT2D eigenvalue weighted by Gasteiger charge is 2.11. The summed E-state index contributed by atoms with van der Waals surface area (Å²) < 4.78 is 17.8. The molecule has 0 atom stereocenters. The zero-order valence-corrected chi connectivity index (χ0v) is 10.3. The maximum absolute atomic E-state index is 13.0. The highest BCUT2D eigenvalue weighted by Crippen LogP contribution is 2.11. The van der Waals surface area contributed by atoms with E-state index in [2.05, 4.69) is 27.8 Å². The molecule has 0 heterocycles. The molecule has 0 amide bonds. The monoisotopic (exact) mass is 284 g/mol. The molecule has 0 saturated heterocycles. The quantitative estimate of drug-likeness (QED) is 0.474. The van der Waals surface area contributed by atoms with Crippen LogP contribution in [0.3, 0.4) is 0 Å². The Morgan fingerprint density at radius 1 is 1.56 bits per heavy atom. The fourth-order valence-corrected chi connectivity index (χ4v) is 1.28. The summed E-state index contributed by atoms with van der Waals surface area (Å²) in [6.45, 7) is 1.99. The lowest BCUT2D eigenvalue weighted by molar-refractivity contribution is 0.0526. The van der Waals surface area contributed by atoms with Crippen LogP contribution in [0.4, 0.5) is 4.39 Å². The summed E-state index contributed by atoms with van der Waals surface area (Å²) in [6.07, 6.45) is 0. The molecule has 0 unspecified atom stereocenters. The Balaban J connectivity index is 3.12. The van der Waals surface area contributed by atoms with Crippen molar-refractivity contribution in [2.45, 2.75) is 6.92 Å². The van der Waals surface area contributed by atoms with Crippen LogP contribution < -0.4 is 0 Å². The first kappa shape index (κ1) is 12.7. The summed E-state index contributed by atoms with van der Waals surface area (Å²) in [5.74, 6) is 4.52. The summed E-state index contributed by atoms with van der Waals surface area (Å²) in [5.41, 5.74) is 0.634. The predicted molar refractivity (Wildman–Crippen MR) is 63.0 cm³/mol. The molecular weight excluding hydrogens is 275 g/mol. The second kappa shape index (κ2) is 6.29. The third kappa shape index (κ3) is 3.35. The number of halogens is 2. The van der Waals surface area contributed by atoms with Crippen molar-refractivity contribution >= 4 is 21.9 Å². The first-order valence-electron chi connectivity index (χ1n) is 4.70. The van der Waals surface area contributed by atoms with Crippen LogP contribution in [0.5, 0.6) is 0 Å². The van der Waals surface area contributed by atoms with E-state index >= 15 is 0 Å². The van der Waals surface area contributed by atoms with E-state index in [1.165, 1.54) is 18.2 Å². The van der Waals surface area contributed by atoms with Crippen LogP contribution in [0.15, 0.2) is 18.2 Å². The van der Waals surface area contributed by atoms with Crippen LogP contribution in [0, 0.1) is 17.7 Å². The predicted octanol–water partition coefficient (Wildman–Crippen LogP) is 2.75. The van der Waals surface area contributed by atoms with Gasteiger partial charge >= 0.3 is 5.97 Å². The maximum Gasteiger partial charge on any atom is 0.339 e. The van der Waals surface area contributed by atoms with Crippen LogP contribution >= 0.6 is 15.9 Å². The molecule has 4 heteroatoms. The van der Waals surface area contributed by atoms with Gasteiger partial charge in [0.25, 0.3) is 0 Å². The molecule has 0 radical (unpaired) electrons. The van der Waals surface area contributed by atoms with Gasteiger partial charge in [-0.25, -0.2) is 9.18 Å². The van der Waals surface area contributed by atoms with Gasteiger partial charge in [0.05, 0.1) is 17.5 Å². The molecule has 1 rings (SSSR count). The zero-order chi connectivity index (χ0) is 12.0. The molecule has 0 aliphatic rings. The normalized spacial score (nSPS) is 9.19. The van der Waals surface area contributed by atoms with E-state index in [0.29, 0.717) is 10.9 Å². The second-order valence-corrected chi connectivity index (χ2v) is 3.41.